The Bertz CT molecular complexity index is 814. The van der Waals surface area contributed by atoms with Gasteiger partial charge < -0.3 is 15.5 Å². The Morgan fingerprint density at radius 2 is 1.82 bits per heavy atom. The fourth-order valence-corrected chi connectivity index (χ4v) is 3.22. The summed E-state index contributed by atoms with van der Waals surface area (Å²) in [6.45, 7) is 8.16. The zero-order valence-electron chi connectivity index (χ0n) is 16.4. The second kappa shape index (κ2) is 9.32. The minimum absolute atomic E-state index is 0.146. The van der Waals surface area contributed by atoms with Crippen molar-refractivity contribution in [2.45, 2.75) is 26.9 Å². The van der Waals surface area contributed by atoms with Crippen molar-refractivity contribution >= 4 is 17.6 Å². The van der Waals surface area contributed by atoms with Crippen LogP contribution in [-0.2, 0) is 17.9 Å². The van der Waals surface area contributed by atoms with Gasteiger partial charge in [-0.15, -0.1) is 0 Å². The maximum Gasteiger partial charge on any atom is 0.319 e. The number of carbonyl (C=O) groups is 2. The number of piperazine rings is 1. The average molecular weight is 381 g/mol. The highest BCUT2D eigenvalue weighted by atomic mass is 16.2. The molecule has 2 N–H and O–H groups in total. The number of aromatic nitrogens is 1. The SMILES string of the molecule is CC(=O)N1CCN(Cc2cccc(CNC(=O)Nc3ccc(C)nc3)c2)CC1. The van der Waals surface area contributed by atoms with E-state index in [1.807, 2.05) is 36.1 Å². The van der Waals surface area contributed by atoms with E-state index < -0.39 is 0 Å². The maximum absolute atomic E-state index is 12.1. The van der Waals surface area contributed by atoms with Crippen LogP contribution in [-0.4, -0.2) is 52.9 Å². The molecule has 148 valence electrons. The molecule has 2 aromatic rings. The lowest BCUT2D eigenvalue weighted by atomic mass is 10.1. The quantitative estimate of drug-likeness (QED) is 0.834. The summed E-state index contributed by atoms with van der Waals surface area (Å²) in [6, 6.07) is 11.7. The summed E-state index contributed by atoms with van der Waals surface area (Å²) in [6.07, 6.45) is 1.64. The third kappa shape index (κ3) is 5.79. The Kier molecular flexibility index (Phi) is 6.60. The van der Waals surface area contributed by atoms with Gasteiger partial charge in [0.1, 0.15) is 0 Å². The van der Waals surface area contributed by atoms with E-state index >= 15 is 0 Å². The predicted octanol–water partition coefficient (Wildman–Crippen LogP) is 2.38. The molecule has 7 nitrogen and oxygen atoms in total. The molecule has 0 unspecified atom stereocenters. The summed E-state index contributed by atoms with van der Waals surface area (Å²) in [5.74, 6) is 0.146. The molecule has 0 atom stereocenters. The normalized spacial score (nSPS) is 14.6. The fourth-order valence-electron chi connectivity index (χ4n) is 3.22. The zero-order valence-corrected chi connectivity index (χ0v) is 16.4. The number of nitrogens with zero attached hydrogens (tertiary/aromatic N) is 3. The number of nitrogens with one attached hydrogen (secondary N) is 2. The van der Waals surface area contributed by atoms with E-state index in [0.29, 0.717) is 12.2 Å². The minimum atomic E-state index is -0.253. The van der Waals surface area contributed by atoms with Crippen LogP contribution in [0.1, 0.15) is 23.7 Å². The van der Waals surface area contributed by atoms with Gasteiger partial charge >= 0.3 is 6.03 Å². The Balaban J connectivity index is 1.47. The van der Waals surface area contributed by atoms with E-state index in [2.05, 4.69) is 32.7 Å². The van der Waals surface area contributed by atoms with Gasteiger partial charge in [0.25, 0.3) is 0 Å². The number of hydrogen-bond donors (Lipinski definition) is 2. The molecule has 7 heteroatoms. The van der Waals surface area contributed by atoms with Crippen molar-refractivity contribution in [3.05, 3.63) is 59.4 Å². The largest absolute Gasteiger partial charge is 0.340 e. The van der Waals surface area contributed by atoms with Crippen LogP contribution in [0.3, 0.4) is 0 Å². The van der Waals surface area contributed by atoms with Crippen LogP contribution in [0, 0.1) is 6.92 Å². The minimum Gasteiger partial charge on any atom is -0.340 e. The summed E-state index contributed by atoms with van der Waals surface area (Å²) in [4.78, 5) is 31.9. The van der Waals surface area contributed by atoms with Crippen LogP contribution in [0.5, 0.6) is 0 Å². The molecule has 1 aromatic carbocycles. The first kappa shape index (κ1) is 19.8. The van der Waals surface area contributed by atoms with Gasteiger partial charge in [-0.1, -0.05) is 24.3 Å². The van der Waals surface area contributed by atoms with E-state index in [-0.39, 0.29) is 11.9 Å². The van der Waals surface area contributed by atoms with Gasteiger partial charge in [-0.05, 0) is 30.2 Å². The average Bonchev–Trinajstić information content (AvgIpc) is 2.69. The third-order valence-corrected chi connectivity index (χ3v) is 4.84. The number of amides is 3. The van der Waals surface area contributed by atoms with E-state index in [1.54, 1.807) is 13.1 Å². The van der Waals surface area contributed by atoms with Gasteiger partial charge in [0.2, 0.25) is 5.91 Å². The first-order valence-corrected chi connectivity index (χ1v) is 9.53. The molecule has 3 rings (SSSR count). The van der Waals surface area contributed by atoms with Crippen LogP contribution >= 0.6 is 0 Å². The number of anilines is 1. The molecule has 1 aliphatic heterocycles. The molecule has 0 bridgehead atoms. The summed E-state index contributed by atoms with van der Waals surface area (Å²) in [5, 5.41) is 5.66. The molecule has 28 heavy (non-hydrogen) atoms. The monoisotopic (exact) mass is 381 g/mol. The second-order valence-corrected chi connectivity index (χ2v) is 7.10. The standard InChI is InChI=1S/C21H27N5O2/c1-16-6-7-20(14-22-16)24-21(28)23-13-18-4-3-5-19(12-18)15-25-8-10-26(11-9-25)17(2)27/h3-7,12,14H,8-11,13,15H2,1-2H3,(H2,23,24,28). The number of pyridine rings is 1. The van der Waals surface area contributed by atoms with Gasteiger partial charge in [-0.3, -0.25) is 14.7 Å². The summed E-state index contributed by atoms with van der Waals surface area (Å²) < 4.78 is 0. The van der Waals surface area contributed by atoms with Crippen molar-refractivity contribution in [1.82, 2.24) is 20.1 Å². The highest BCUT2D eigenvalue weighted by molar-refractivity contribution is 5.88. The molecular weight excluding hydrogens is 354 g/mol. The van der Waals surface area contributed by atoms with Crippen LogP contribution < -0.4 is 10.6 Å². The maximum atomic E-state index is 12.1. The van der Waals surface area contributed by atoms with Crippen molar-refractivity contribution in [3.63, 3.8) is 0 Å². The topological polar surface area (TPSA) is 77.6 Å². The molecule has 1 aliphatic rings. The molecular formula is C21H27N5O2. The van der Waals surface area contributed by atoms with Crippen LogP contribution in [0.4, 0.5) is 10.5 Å². The van der Waals surface area contributed by atoms with Crippen LogP contribution in [0.2, 0.25) is 0 Å². The fraction of sp³-hybridized carbons (Fsp3) is 0.381. The number of carbonyl (C=O) groups excluding carboxylic acids is 2. The van der Waals surface area contributed by atoms with Crippen molar-refractivity contribution in [2.24, 2.45) is 0 Å². The van der Waals surface area contributed by atoms with Gasteiger partial charge in [0, 0.05) is 51.9 Å². The number of urea groups is 1. The van der Waals surface area contributed by atoms with Crippen molar-refractivity contribution < 1.29 is 9.59 Å². The molecule has 0 aliphatic carbocycles. The lowest BCUT2D eigenvalue weighted by Gasteiger charge is -2.34. The first-order chi connectivity index (χ1) is 13.5. The second-order valence-electron chi connectivity index (χ2n) is 7.10. The van der Waals surface area contributed by atoms with Gasteiger partial charge in [0.05, 0.1) is 11.9 Å². The van der Waals surface area contributed by atoms with E-state index in [4.69, 9.17) is 0 Å². The molecule has 0 saturated carbocycles. The van der Waals surface area contributed by atoms with Crippen molar-refractivity contribution in [3.8, 4) is 0 Å². The zero-order chi connectivity index (χ0) is 19.9. The van der Waals surface area contributed by atoms with Gasteiger partial charge in [-0.2, -0.15) is 0 Å². The molecule has 3 amide bonds. The number of rotatable bonds is 5. The van der Waals surface area contributed by atoms with E-state index in [9.17, 15) is 9.59 Å². The molecule has 1 aromatic heterocycles. The molecule has 0 radical (unpaired) electrons. The van der Waals surface area contributed by atoms with Gasteiger partial charge in [-0.25, -0.2) is 4.79 Å². The molecule has 2 heterocycles. The predicted molar refractivity (Wildman–Crippen MR) is 109 cm³/mol. The smallest absolute Gasteiger partial charge is 0.319 e. The molecule has 1 fully saturated rings. The molecule has 1 saturated heterocycles. The Morgan fingerprint density at radius 1 is 1.07 bits per heavy atom. The van der Waals surface area contributed by atoms with E-state index in [1.165, 1.54) is 5.56 Å². The van der Waals surface area contributed by atoms with Crippen LogP contribution in [0.25, 0.3) is 0 Å². The summed E-state index contributed by atoms with van der Waals surface area (Å²) in [7, 11) is 0. The van der Waals surface area contributed by atoms with Crippen molar-refractivity contribution in [1.29, 1.82) is 0 Å². The highest BCUT2D eigenvalue weighted by Gasteiger charge is 2.18. The number of hydrogen-bond acceptors (Lipinski definition) is 4. The lowest BCUT2D eigenvalue weighted by Crippen LogP contribution is -2.47. The highest BCUT2D eigenvalue weighted by Crippen LogP contribution is 2.11. The third-order valence-electron chi connectivity index (χ3n) is 4.84. The van der Waals surface area contributed by atoms with E-state index in [0.717, 1.165) is 44.0 Å². The Morgan fingerprint density at radius 3 is 2.50 bits per heavy atom. The number of aryl methyl sites for hydroxylation is 1. The first-order valence-electron chi connectivity index (χ1n) is 9.53. The summed E-state index contributed by atoms with van der Waals surface area (Å²) >= 11 is 0. The molecule has 0 spiro atoms. The Hall–Kier alpha value is -2.93. The Labute approximate surface area is 165 Å². The van der Waals surface area contributed by atoms with Crippen LogP contribution in [0.15, 0.2) is 42.6 Å². The summed E-state index contributed by atoms with van der Waals surface area (Å²) in [5.41, 5.74) is 3.84. The van der Waals surface area contributed by atoms with Crippen molar-refractivity contribution in [2.75, 3.05) is 31.5 Å². The van der Waals surface area contributed by atoms with Gasteiger partial charge in [0.15, 0.2) is 0 Å². The number of benzene rings is 1. The lowest BCUT2D eigenvalue weighted by molar-refractivity contribution is -0.130.